The molecule has 0 aliphatic carbocycles. The van der Waals surface area contributed by atoms with Gasteiger partial charge in [0, 0.05) is 22.1 Å². The largest absolute Gasteiger partial charge is 0.323 e. The van der Waals surface area contributed by atoms with Crippen LogP contribution in [0.2, 0.25) is 5.02 Å². The summed E-state index contributed by atoms with van der Waals surface area (Å²) in [5, 5.41) is 5.88. The number of halogens is 1. The highest BCUT2D eigenvalue weighted by molar-refractivity contribution is 7.92. The normalized spacial score (nSPS) is 10.9. The molecule has 0 radical (unpaired) electrons. The number of nitrogens with one attached hydrogen (secondary N) is 3. The van der Waals surface area contributed by atoms with Crippen molar-refractivity contribution in [2.75, 3.05) is 15.4 Å². The minimum absolute atomic E-state index is 0.0951. The van der Waals surface area contributed by atoms with Crippen LogP contribution in [0.1, 0.15) is 5.56 Å². The summed E-state index contributed by atoms with van der Waals surface area (Å²) in [4.78, 5) is 12.1. The first-order valence-corrected chi connectivity index (χ1v) is 10.2. The molecular weight excluding hydrogens is 398 g/mol. The lowest BCUT2D eigenvalue weighted by atomic mass is 10.2. The van der Waals surface area contributed by atoms with Crippen LogP contribution in [0.15, 0.2) is 77.7 Å². The van der Waals surface area contributed by atoms with Crippen LogP contribution < -0.4 is 15.4 Å². The highest BCUT2D eigenvalue weighted by atomic mass is 35.5. The average Bonchev–Trinajstić information content (AvgIpc) is 2.64. The third-order valence-electron chi connectivity index (χ3n) is 3.79. The fraction of sp³-hybridized carbons (Fsp3) is 0.0500. The van der Waals surface area contributed by atoms with Crippen LogP contribution in [0.4, 0.5) is 21.9 Å². The van der Waals surface area contributed by atoms with Gasteiger partial charge in [0.1, 0.15) is 0 Å². The van der Waals surface area contributed by atoms with Crippen LogP contribution >= 0.6 is 11.6 Å². The molecule has 0 saturated heterocycles. The van der Waals surface area contributed by atoms with Crippen LogP contribution in [0.3, 0.4) is 0 Å². The van der Waals surface area contributed by atoms with E-state index in [0.29, 0.717) is 22.1 Å². The van der Waals surface area contributed by atoms with E-state index in [1.54, 1.807) is 42.5 Å². The van der Waals surface area contributed by atoms with Gasteiger partial charge in [0.15, 0.2) is 0 Å². The number of aryl methyl sites for hydroxylation is 1. The smallest absolute Gasteiger partial charge is 0.308 e. The van der Waals surface area contributed by atoms with E-state index >= 15 is 0 Å². The fourth-order valence-electron chi connectivity index (χ4n) is 2.47. The Morgan fingerprint density at radius 2 is 1.39 bits per heavy atom. The van der Waals surface area contributed by atoms with Gasteiger partial charge in [0.2, 0.25) is 0 Å². The number of hydrogen-bond acceptors (Lipinski definition) is 3. The van der Waals surface area contributed by atoms with Gasteiger partial charge in [0.05, 0.1) is 4.90 Å². The van der Waals surface area contributed by atoms with E-state index in [1.807, 2.05) is 13.0 Å². The molecule has 8 heteroatoms. The maximum absolute atomic E-state index is 12.5. The number of urea groups is 1. The second-order valence-corrected chi connectivity index (χ2v) is 8.20. The maximum atomic E-state index is 12.5. The SMILES string of the molecule is Cc1cccc(NS(=O)(=O)c2ccc(NC(=O)Nc3ccc(Cl)cc3)cc2)c1. The van der Waals surface area contributed by atoms with Crippen LogP contribution in [-0.4, -0.2) is 14.4 Å². The van der Waals surface area contributed by atoms with Crippen molar-refractivity contribution in [1.82, 2.24) is 0 Å². The van der Waals surface area contributed by atoms with Gasteiger partial charge >= 0.3 is 6.03 Å². The molecule has 3 aromatic carbocycles. The number of carbonyl (C=O) groups is 1. The third-order valence-corrected chi connectivity index (χ3v) is 5.44. The van der Waals surface area contributed by atoms with E-state index in [1.165, 1.54) is 24.3 Å². The molecule has 0 fully saturated rings. The molecular formula is C20H18ClN3O3S. The number of benzene rings is 3. The van der Waals surface area contributed by atoms with Gasteiger partial charge < -0.3 is 10.6 Å². The molecule has 144 valence electrons. The Balaban J connectivity index is 1.65. The number of rotatable bonds is 5. The molecule has 0 aromatic heterocycles. The van der Waals surface area contributed by atoms with Crippen molar-refractivity contribution in [3.63, 3.8) is 0 Å². The average molecular weight is 416 g/mol. The molecule has 3 rings (SSSR count). The summed E-state index contributed by atoms with van der Waals surface area (Å²) in [6.07, 6.45) is 0. The number of anilines is 3. The molecule has 0 unspecified atom stereocenters. The standard InChI is InChI=1S/C20H18ClN3O3S/c1-14-3-2-4-18(13-14)24-28(26,27)19-11-9-17(10-12-19)23-20(25)22-16-7-5-15(21)6-8-16/h2-13,24H,1H3,(H2,22,23,25). The van der Waals surface area contributed by atoms with Gasteiger partial charge in [-0.25, -0.2) is 13.2 Å². The quantitative estimate of drug-likeness (QED) is 0.542. The molecule has 0 aliphatic heterocycles. The molecule has 0 bridgehead atoms. The summed E-state index contributed by atoms with van der Waals surface area (Å²) in [7, 11) is -3.72. The molecule has 3 N–H and O–H groups in total. The predicted molar refractivity (Wildman–Crippen MR) is 113 cm³/mol. The Kier molecular flexibility index (Phi) is 5.87. The van der Waals surface area contributed by atoms with Crippen molar-refractivity contribution in [2.45, 2.75) is 11.8 Å². The van der Waals surface area contributed by atoms with Gasteiger partial charge in [-0.15, -0.1) is 0 Å². The Bertz CT molecular complexity index is 1080. The molecule has 0 heterocycles. The van der Waals surface area contributed by atoms with Crippen molar-refractivity contribution in [1.29, 1.82) is 0 Å². The lowest BCUT2D eigenvalue weighted by Gasteiger charge is -2.10. The van der Waals surface area contributed by atoms with Crippen molar-refractivity contribution >= 4 is 44.7 Å². The highest BCUT2D eigenvalue weighted by Crippen LogP contribution is 2.19. The van der Waals surface area contributed by atoms with Crippen LogP contribution in [0.5, 0.6) is 0 Å². The lowest BCUT2D eigenvalue weighted by Crippen LogP contribution is -2.19. The van der Waals surface area contributed by atoms with Crippen LogP contribution in [-0.2, 0) is 10.0 Å². The minimum atomic E-state index is -3.72. The van der Waals surface area contributed by atoms with E-state index < -0.39 is 16.1 Å². The van der Waals surface area contributed by atoms with Crippen molar-refractivity contribution in [3.05, 3.63) is 83.4 Å². The zero-order valence-electron chi connectivity index (χ0n) is 14.9. The summed E-state index contributed by atoms with van der Waals surface area (Å²) in [5.74, 6) is 0. The zero-order chi connectivity index (χ0) is 20.1. The third kappa shape index (κ3) is 5.25. The summed E-state index contributed by atoms with van der Waals surface area (Å²) < 4.78 is 27.5. The molecule has 0 saturated carbocycles. The highest BCUT2D eigenvalue weighted by Gasteiger charge is 2.14. The Labute approximate surface area is 168 Å². The van der Waals surface area contributed by atoms with Crippen LogP contribution in [0, 0.1) is 6.92 Å². The molecule has 0 aliphatic rings. The maximum Gasteiger partial charge on any atom is 0.323 e. The lowest BCUT2D eigenvalue weighted by molar-refractivity contribution is 0.262. The van der Waals surface area contributed by atoms with E-state index in [4.69, 9.17) is 11.6 Å². The topological polar surface area (TPSA) is 87.3 Å². The molecule has 28 heavy (non-hydrogen) atoms. The number of carbonyl (C=O) groups excluding carboxylic acids is 1. The van der Waals surface area contributed by atoms with Crippen LogP contribution in [0.25, 0.3) is 0 Å². The van der Waals surface area contributed by atoms with E-state index in [9.17, 15) is 13.2 Å². The summed E-state index contributed by atoms with van der Waals surface area (Å²) in [6.45, 7) is 1.88. The Hall–Kier alpha value is -3.03. The monoisotopic (exact) mass is 415 g/mol. The second kappa shape index (κ2) is 8.33. The first-order valence-electron chi connectivity index (χ1n) is 8.35. The number of sulfonamides is 1. The first-order chi connectivity index (χ1) is 13.3. The molecule has 6 nitrogen and oxygen atoms in total. The Morgan fingerprint density at radius 1 is 0.821 bits per heavy atom. The molecule has 3 aromatic rings. The van der Waals surface area contributed by atoms with Gasteiger partial charge in [-0.1, -0.05) is 23.7 Å². The number of hydrogen-bond donors (Lipinski definition) is 3. The van der Waals surface area contributed by atoms with Crippen molar-refractivity contribution < 1.29 is 13.2 Å². The summed E-state index contributed by atoms with van der Waals surface area (Å²) in [6, 6.07) is 19.2. The zero-order valence-corrected chi connectivity index (χ0v) is 16.5. The van der Waals surface area contributed by atoms with Gasteiger partial charge in [0.25, 0.3) is 10.0 Å². The van der Waals surface area contributed by atoms with Crippen molar-refractivity contribution in [3.8, 4) is 0 Å². The van der Waals surface area contributed by atoms with E-state index in [-0.39, 0.29) is 4.90 Å². The van der Waals surface area contributed by atoms with E-state index in [0.717, 1.165) is 5.56 Å². The van der Waals surface area contributed by atoms with Gasteiger partial charge in [-0.2, -0.15) is 0 Å². The minimum Gasteiger partial charge on any atom is -0.308 e. The van der Waals surface area contributed by atoms with Crippen molar-refractivity contribution in [2.24, 2.45) is 0 Å². The van der Waals surface area contributed by atoms with Gasteiger partial charge in [-0.05, 0) is 73.2 Å². The summed E-state index contributed by atoms with van der Waals surface area (Å²) in [5.41, 5.74) is 2.49. The molecule has 0 spiro atoms. The fourth-order valence-corrected chi connectivity index (χ4v) is 3.64. The second-order valence-electron chi connectivity index (χ2n) is 6.09. The first kappa shape index (κ1) is 19.7. The predicted octanol–water partition coefficient (Wildman–Crippen LogP) is 5.09. The molecule has 2 amide bonds. The number of amides is 2. The molecule has 0 atom stereocenters. The Morgan fingerprint density at radius 3 is 1.96 bits per heavy atom. The van der Waals surface area contributed by atoms with Gasteiger partial charge in [-0.3, -0.25) is 4.72 Å². The summed E-state index contributed by atoms with van der Waals surface area (Å²) >= 11 is 5.81. The van der Waals surface area contributed by atoms with E-state index in [2.05, 4.69) is 15.4 Å².